The third kappa shape index (κ3) is 3.30. The van der Waals surface area contributed by atoms with Gasteiger partial charge in [0.25, 0.3) is 0 Å². The number of methoxy groups -OCH3 is 1. The van der Waals surface area contributed by atoms with Gasteiger partial charge >= 0.3 is 5.97 Å². The third-order valence-corrected chi connectivity index (χ3v) is 7.13. The maximum absolute atomic E-state index is 11.4. The van der Waals surface area contributed by atoms with Crippen molar-refractivity contribution in [3.8, 4) is 5.75 Å². The van der Waals surface area contributed by atoms with Crippen molar-refractivity contribution in [1.29, 1.82) is 0 Å². The minimum Gasteiger partial charge on any atom is -0.496 e. The van der Waals surface area contributed by atoms with Gasteiger partial charge in [-0.2, -0.15) is 0 Å². The van der Waals surface area contributed by atoms with E-state index in [1.165, 1.54) is 16.5 Å². The molecule has 1 aromatic heterocycles. The Kier molecular flexibility index (Phi) is 4.99. The van der Waals surface area contributed by atoms with Crippen molar-refractivity contribution in [2.45, 2.75) is 44.4 Å². The molecule has 0 aliphatic carbocycles. The maximum atomic E-state index is 11.4. The number of ether oxygens (including phenoxy) is 2. The predicted molar refractivity (Wildman–Crippen MR) is 119 cm³/mol. The molecule has 2 N–H and O–H groups in total. The molecule has 6 rings (SSSR count). The lowest BCUT2D eigenvalue weighted by molar-refractivity contribution is -0.00631. The fourth-order valence-electron chi connectivity index (χ4n) is 5.47. The molecule has 2 unspecified atom stereocenters. The predicted octanol–water partition coefficient (Wildman–Crippen LogP) is 4.46. The summed E-state index contributed by atoms with van der Waals surface area (Å²) >= 11 is 0. The Morgan fingerprint density at radius 1 is 1.29 bits per heavy atom. The number of aryl methyl sites for hydroxylation is 1. The molecule has 3 aromatic rings. The molecule has 2 atom stereocenters. The normalized spacial score (nSPS) is 23.7. The van der Waals surface area contributed by atoms with Gasteiger partial charge in [0.2, 0.25) is 0 Å². The fraction of sp³-hybridized carbons (Fsp3) is 0.400. The molecule has 3 fully saturated rings. The molecular formula is C25H28N2O4. The van der Waals surface area contributed by atoms with Crippen LogP contribution in [-0.4, -0.2) is 47.3 Å². The average molecular weight is 421 g/mol. The Morgan fingerprint density at radius 3 is 2.84 bits per heavy atom. The van der Waals surface area contributed by atoms with Crippen molar-refractivity contribution in [3.05, 3.63) is 64.8 Å². The van der Waals surface area contributed by atoms with Gasteiger partial charge in [0.15, 0.2) is 0 Å². The summed E-state index contributed by atoms with van der Waals surface area (Å²) in [6.45, 7) is 4.41. The summed E-state index contributed by atoms with van der Waals surface area (Å²) in [5, 5.41) is 10.5. The highest BCUT2D eigenvalue weighted by molar-refractivity contribution is 5.88. The van der Waals surface area contributed by atoms with Gasteiger partial charge in [-0.3, -0.25) is 4.90 Å². The number of nitrogens with zero attached hydrogens (tertiary/aromatic N) is 1. The van der Waals surface area contributed by atoms with Crippen LogP contribution in [-0.2, 0) is 16.8 Å². The summed E-state index contributed by atoms with van der Waals surface area (Å²) in [7, 11) is 1.73. The zero-order valence-corrected chi connectivity index (χ0v) is 18.0. The van der Waals surface area contributed by atoms with Crippen LogP contribution in [0.3, 0.4) is 0 Å². The molecule has 6 nitrogen and oxygen atoms in total. The smallest absolute Gasteiger partial charge is 0.335 e. The van der Waals surface area contributed by atoms with Crippen LogP contribution in [0, 0.1) is 6.92 Å². The molecule has 0 amide bonds. The highest BCUT2D eigenvalue weighted by Crippen LogP contribution is 2.46. The zero-order chi connectivity index (χ0) is 21.6. The summed E-state index contributed by atoms with van der Waals surface area (Å²) in [4.78, 5) is 17.3. The first-order chi connectivity index (χ1) is 15.0. The monoisotopic (exact) mass is 420 g/mol. The summed E-state index contributed by atoms with van der Waals surface area (Å²) in [5.74, 6) is 0.00932. The third-order valence-electron chi connectivity index (χ3n) is 7.13. The number of rotatable bonds is 5. The number of carbonyl (C=O) groups is 1. The van der Waals surface area contributed by atoms with Crippen LogP contribution in [0.1, 0.15) is 46.3 Å². The first-order valence-electron chi connectivity index (χ1n) is 10.9. The topological polar surface area (TPSA) is 74.8 Å². The van der Waals surface area contributed by atoms with Crippen LogP contribution >= 0.6 is 0 Å². The molecule has 0 spiro atoms. The Morgan fingerprint density at radius 2 is 2.10 bits per heavy atom. The zero-order valence-electron chi connectivity index (χ0n) is 18.0. The molecule has 0 radical (unpaired) electrons. The molecule has 162 valence electrons. The van der Waals surface area contributed by atoms with Gasteiger partial charge in [-0.05, 0) is 61.6 Å². The molecule has 4 heterocycles. The number of carboxylic acid groups (broad SMARTS) is 1. The van der Waals surface area contributed by atoms with Crippen LogP contribution in [0.4, 0.5) is 0 Å². The number of aromatic carboxylic acids is 1. The average Bonchev–Trinajstić information content (AvgIpc) is 3.10. The number of H-pyrrole nitrogens is 1. The fourth-order valence-corrected chi connectivity index (χ4v) is 5.47. The Balaban J connectivity index is 1.59. The second-order valence-electron chi connectivity index (χ2n) is 8.72. The van der Waals surface area contributed by atoms with Crippen molar-refractivity contribution < 1.29 is 19.4 Å². The molecular weight excluding hydrogens is 392 g/mol. The standard InChI is InChI=1S/C25H28N2O4/c1-16-13-22(30-2)21(20-8-11-26-23(16)20)15-27-14-19-7-9-25(27,10-12-31-19)18-5-3-17(4-6-18)24(28)29/h3-6,8,11,13,19,26H,7,9-10,12,14-15H2,1-2H3,(H,28,29). The Labute approximate surface area is 181 Å². The number of aromatic amines is 1. The van der Waals surface area contributed by atoms with Crippen molar-refractivity contribution in [3.63, 3.8) is 0 Å². The van der Waals surface area contributed by atoms with Crippen LogP contribution in [0.5, 0.6) is 5.75 Å². The van der Waals surface area contributed by atoms with Crippen LogP contribution in [0.2, 0.25) is 0 Å². The molecule has 3 saturated heterocycles. The number of nitrogens with one attached hydrogen (secondary N) is 1. The van der Waals surface area contributed by atoms with E-state index in [0.29, 0.717) is 12.2 Å². The minimum absolute atomic E-state index is 0.178. The highest BCUT2D eigenvalue weighted by Gasteiger charge is 2.46. The van der Waals surface area contributed by atoms with Crippen molar-refractivity contribution in [2.24, 2.45) is 0 Å². The summed E-state index contributed by atoms with van der Waals surface area (Å²) in [5.41, 5.74) is 4.80. The van der Waals surface area contributed by atoms with Gasteiger partial charge in [-0.1, -0.05) is 12.1 Å². The second-order valence-corrected chi connectivity index (χ2v) is 8.72. The highest BCUT2D eigenvalue weighted by atomic mass is 16.5. The van der Waals surface area contributed by atoms with E-state index in [0.717, 1.165) is 49.2 Å². The minimum atomic E-state index is -0.895. The van der Waals surface area contributed by atoms with E-state index in [4.69, 9.17) is 9.47 Å². The van der Waals surface area contributed by atoms with Crippen LogP contribution in [0.25, 0.3) is 10.9 Å². The van der Waals surface area contributed by atoms with Crippen molar-refractivity contribution in [1.82, 2.24) is 9.88 Å². The summed E-state index contributed by atoms with van der Waals surface area (Å²) < 4.78 is 11.9. The lowest BCUT2D eigenvalue weighted by atomic mass is 9.77. The molecule has 0 saturated carbocycles. The molecule has 2 aromatic carbocycles. The molecule has 2 bridgehead atoms. The number of hydrogen-bond donors (Lipinski definition) is 2. The van der Waals surface area contributed by atoms with Gasteiger partial charge in [0, 0.05) is 47.9 Å². The molecule has 3 aliphatic heterocycles. The second kappa shape index (κ2) is 7.70. The summed E-state index contributed by atoms with van der Waals surface area (Å²) in [6.07, 6.45) is 5.11. The van der Waals surface area contributed by atoms with Gasteiger partial charge in [0.1, 0.15) is 5.75 Å². The number of piperidine rings is 1. The van der Waals surface area contributed by atoms with E-state index in [9.17, 15) is 9.90 Å². The van der Waals surface area contributed by atoms with E-state index in [-0.39, 0.29) is 11.6 Å². The van der Waals surface area contributed by atoms with Gasteiger partial charge in [-0.25, -0.2) is 4.79 Å². The Bertz CT molecular complexity index is 1120. The molecule has 31 heavy (non-hydrogen) atoms. The number of carboxylic acids is 1. The number of fused-ring (bicyclic) bond motifs is 5. The van der Waals surface area contributed by atoms with Gasteiger partial charge in [-0.15, -0.1) is 0 Å². The number of benzene rings is 2. The SMILES string of the molecule is COc1cc(C)c2[nH]ccc2c1CN1CC2CCC1(c1ccc(C(=O)O)cc1)CCO2. The largest absolute Gasteiger partial charge is 0.496 e. The van der Waals surface area contributed by atoms with Crippen LogP contribution < -0.4 is 4.74 Å². The van der Waals surface area contributed by atoms with Crippen LogP contribution in [0.15, 0.2) is 42.6 Å². The first-order valence-corrected chi connectivity index (χ1v) is 10.9. The lowest BCUT2D eigenvalue weighted by Crippen LogP contribution is -2.51. The van der Waals surface area contributed by atoms with Gasteiger partial charge in [0.05, 0.1) is 18.8 Å². The molecule has 6 heteroatoms. The van der Waals surface area contributed by atoms with E-state index in [1.807, 2.05) is 18.3 Å². The van der Waals surface area contributed by atoms with E-state index in [2.05, 4.69) is 28.9 Å². The van der Waals surface area contributed by atoms with Crippen molar-refractivity contribution >= 4 is 16.9 Å². The van der Waals surface area contributed by atoms with Crippen molar-refractivity contribution in [2.75, 3.05) is 20.3 Å². The quantitative estimate of drug-likeness (QED) is 0.637. The van der Waals surface area contributed by atoms with E-state index >= 15 is 0 Å². The number of hydrogen-bond acceptors (Lipinski definition) is 4. The Hall–Kier alpha value is -2.83. The lowest BCUT2D eigenvalue weighted by Gasteiger charge is -2.47. The molecule has 3 aliphatic rings. The van der Waals surface area contributed by atoms with E-state index < -0.39 is 5.97 Å². The maximum Gasteiger partial charge on any atom is 0.335 e. The first kappa shape index (κ1) is 20.1. The van der Waals surface area contributed by atoms with Gasteiger partial charge < -0.3 is 19.6 Å². The summed E-state index contributed by atoms with van der Waals surface area (Å²) in [6, 6.07) is 11.6. The van der Waals surface area contributed by atoms with E-state index in [1.54, 1.807) is 19.2 Å². The number of aromatic nitrogens is 1.